The van der Waals surface area contributed by atoms with Crippen LogP contribution in [0.1, 0.15) is 71.1 Å². The second kappa shape index (κ2) is 14.1. The quantitative estimate of drug-likeness (QED) is 0.436. The normalized spacial score (nSPS) is 18.9. The van der Waals surface area contributed by atoms with Crippen LogP contribution in [0.25, 0.3) is 17.3 Å². The smallest absolute Gasteiger partial charge is 0.305 e. The van der Waals surface area contributed by atoms with Crippen LogP contribution < -0.4 is 10.0 Å². The van der Waals surface area contributed by atoms with Crippen LogP contribution in [0, 0.1) is 5.82 Å². The highest BCUT2D eigenvalue weighted by molar-refractivity contribution is 7.92. The Morgan fingerprint density at radius 3 is 2.35 bits per heavy atom. The van der Waals surface area contributed by atoms with Crippen LogP contribution in [-0.4, -0.2) is 67.3 Å². The minimum atomic E-state index is -3.63. The molecule has 0 bridgehead atoms. The Morgan fingerprint density at radius 1 is 1.25 bits per heavy atom. The summed E-state index contributed by atoms with van der Waals surface area (Å²) in [6.07, 6.45) is 4.98. The van der Waals surface area contributed by atoms with Crippen LogP contribution in [0.2, 0.25) is 0 Å². The van der Waals surface area contributed by atoms with Crippen LogP contribution in [0.3, 0.4) is 0 Å². The number of carboxylic acid groups (broad SMARTS) is 1. The van der Waals surface area contributed by atoms with Crippen molar-refractivity contribution in [1.29, 1.82) is 0 Å². The second-order valence-electron chi connectivity index (χ2n) is 10.3. The number of sulfonamides is 1. The minimum Gasteiger partial charge on any atom is -0.481 e. The molecule has 2 heterocycles. The van der Waals surface area contributed by atoms with E-state index >= 15 is 0 Å². The maximum absolute atomic E-state index is 13.7. The fraction of sp³-hybridized carbons (Fsp3) is 0.536. The van der Waals surface area contributed by atoms with Gasteiger partial charge in [-0.3, -0.25) is 4.79 Å². The summed E-state index contributed by atoms with van der Waals surface area (Å²) in [6, 6.07) is 5.75. The number of hydrogen-bond acceptors (Lipinski definition) is 8. The van der Waals surface area contributed by atoms with Gasteiger partial charge in [-0.1, -0.05) is 32.9 Å². The molecule has 1 aliphatic heterocycles. The fourth-order valence-corrected chi connectivity index (χ4v) is 4.36. The molecule has 40 heavy (non-hydrogen) atoms. The summed E-state index contributed by atoms with van der Waals surface area (Å²) in [7, 11) is -2.25. The summed E-state index contributed by atoms with van der Waals surface area (Å²) >= 11 is 0. The summed E-state index contributed by atoms with van der Waals surface area (Å²) in [5.41, 5.74) is 7.27. The molecule has 0 spiro atoms. The molecule has 1 fully saturated rings. The van der Waals surface area contributed by atoms with Crippen molar-refractivity contribution in [1.82, 2.24) is 9.97 Å². The number of halogens is 1. The van der Waals surface area contributed by atoms with Gasteiger partial charge in [0.25, 0.3) is 0 Å². The van der Waals surface area contributed by atoms with E-state index in [0.29, 0.717) is 28.9 Å². The Bertz CT molecular complexity index is 1280. The molecule has 0 radical (unpaired) electrons. The molecule has 3 N–H and O–H groups in total. The average molecular weight is 581 g/mol. The largest absolute Gasteiger partial charge is 0.481 e. The number of carboxylic acids is 1. The van der Waals surface area contributed by atoms with Gasteiger partial charge in [-0.2, -0.15) is 0 Å². The van der Waals surface area contributed by atoms with Crippen molar-refractivity contribution < 1.29 is 32.2 Å². The Labute approximate surface area is 236 Å². The maximum atomic E-state index is 13.7. The fourth-order valence-electron chi connectivity index (χ4n) is 3.99. The highest BCUT2D eigenvalue weighted by Crippen LogP contribution is 2.33. The number of carbonyl (C=O) groups is 1. The van der Waals surface area contributed by atoms with E-state index in [1.54, 1.807) is 38.1 Å². The molecule has 222 valence electrons. The molecule has 1 aromatic heterocycles. The Hall–Kier alpha value is -2.93. The lowest BCUT2D eigenvalue weighted by atomic mass is 9.97. The molecular formula is C28H41FN4O6S. The average Bonchev–Trinajstić information content (AvgIpc) is 2.85. The van der Waals surface area contributed by atoms with Crippen molar-refractivity contribution >= 4 is 28.0 Å². The van der Waals surface area contributed by atoms with Gasteiger partial charge in [0.1, 0.15) is 5.82 Å². The van der Waals surface area contributed by atoms with E-state index < -0.39 is 39.8 Å². The van der Waals surface area contributed by atoms with Crippen LogP contribution in [0.5, 0.6) is 0 Å². The molecule has 1 aliphatic rings. The van der Waals surface area contributed by atoms with E-state index in [4.69, 9.17) is 15.2 Å². The highest BCUT2D eigenvalue weighted by atomic mass is 32.2. The lowest BCUT2D eigenvalue weighted by Crippen LogP contribution is -2.44. The third-order valence-electron chi connectivity index (χ3n) is 5.96. The van der Waals surface area contributed by atoms with Crippen molar-refractivity contribution in [3.63, 3.8) is 0 Å². The first-order valence-electron chi connectivity index (χ1n) is 13.1. The summed E-state index contributed by atoms with van der Waals surface area (Å²) in [6.45, 7) is 10.2. The summed E-state index contributed by atoms with van der Waals surface area (Å²) in [5, 5.41) is 9.21. The molecule has 1 saturated heterocycles. The zero-order chi connectivity index (χ0) is 30.3. The number of aromatic nitrogens is 2. The molecule has 1 aromatic carbocycles. The SMILES string of the molecule is CC(C)c1nc(N(C)S(C)(=O)=O)nc(-c2ccc(F)cc2)c1/C=C/[C@@H]1C[C@H](CC(=O)O)OC(C)(C)O1.CCCN. The number of anilines is 1. The predicted octanol–water partition coefficient (Wildman–Crippen LogP) is 4.56. The molecule has 0 unspecified atom stereocenters. The molecule has 2 atom stereocenters. The summed E-state index contributed by atoms with van der Waals surface area (Å²) < 4.78 is 50.8. The lowest BCUT2D eigenvalue weighted by molar-refractivity contribution is -0.290. The molecule has 2 aromatic rings. The van der Waals surface area contributed by atoms with E-state index in [0.717, 1.165) is 23.5 Å². The van der Waals surface area contributed by atoms with Crippen molar-refractivity contribution in [3.05, 3.63) is 47.4 Å². The second-order valence-corrected chi connectivity index (χ2v) is 12.4. The number of ether oxygens (including phenoxy) is 2. The minimum absolute atomic E-state index is 0.00245. The monoisotopic (exact) mass is 580 g/mol. The molecule has 10 nitrogen and oxygen atoms in total. The van der Waals surface area contributed by atoms with Gasteiger partial charge in [0.15, 0.2) is 5.79 Å². The number of hydrogen-bond donors (Lipinski definition) is 2. The van der Waals surface area contributed by atoms with Crippen LogP contribution in [-0.2, 0) is 24.3 Å². The van der Waals surface area contributed by atoms with E-state index in [1.165, 1.54) is 19.2 Å². The van der Waals surface area contributed by atoms with Crippen LogP contribution in [0.15, 0.2) is 30.3 Å². The number of nitrogens with zero attached hydrogens (tertiary/aromatic N) is 3. The maximum Gasteiger partial charge on any atom is 0.305 e. The Morgan fingerprint density at radius 2 is 1.85 bits per heavy atom. The zero-order valence-electron chi connectivity index (χ0n) is 24.2. The van der Waals surface area contributed by atoms with Gasteiger partial charge >= 0.3 is 5.97 Å². The molecular weight excluding hydrogens is 539 g/mol. The van der Waals surface area contributed by atoms with Gasteiger partial charge in [-0.15, -0.1) is 0 Å². The summed E-state index contributed by atoms with van der Waals surface area (Å²) in [4.78, 5) is 20.3. The van der Waals surface area contributed by atoms with Gasteiger partial charge in [-0.25, -0.2) is 27.1 Å². The van der Waals surface area contributed by atoms with Crippen LogP contribution >= 0.6 is 0 Å². The summed E-state index contributed by atoms with van der Waals surface area (Å²) in [5.74, 6) is -2.45. The molecule has 12 heteroatoms. The van der Waals surface area contributed by atoms with Gasteiger partial charge in [-0.05, 0) is 57.0 Å². The zero-order valence-corrected chi connectivity index (χ0v) is 25.0. The highest BCUT2D eigenvalue weighted by Gasteiger charge is 2.35. The van der Waals surface area contributed by atoms with Crippen molar-refractivity contribution in [2.75, 3.05) is 24.2 Å². The number of aliphatic carboxylic acids is 1. The van der Waals surface area contributed by atoms with Gasteiger partial charge in [0.2, 0.25) is 16.0 Å². The van der Waals surface area contributed by atoms with Gasteiger partial charge in [0, 0.05) is 24.6 Å². The van der Waals surface area contributed by atoms with Crippen molar-refractivity contribution in [2.45, 2.75) is 77.8 Å². The third-order valence-corrected chi connectivity index (χ3v) is 7.11. The van der Waals surface area contributed by atoms with E-state index in [-0.39, 0.29) is 18.3 Å². The van der Waals surface area contributed by atoms with E-state index in [9.17, 15) is 22.7 Å². The van der Waals surface area contributed by atoms with E-state index in [2.05, 4.69) is 16.9 Å². The molecule has 0 aliphatic carbocycles. The van der Waals surface area contributed by atoms with Gasteiger partial charge in [0.05, 0.1) is 36.3 Å². The third kappa shape index (κ3) is 9.61. The van der Waals surface area contributed by atoms with E-state index in [1.807, 2.05) is 13.8 Å². The van der Waals surface area contributed by atoms with Gasteiger partial charge < -0.3 is 20.3 Å². The predicted molar refractivity (Wildman–Crippen MR) is 154 cm³/mol. The molecule has 0 saturated carbocycles. The molecule has 0 amide bonds. The van der Waals surface area contributed by atoms with Crippen LogP contribution in [0.4, 0.5) is 10.3 Å². The lowest BCUT2D eigenvalue weighted by Gasteiger charge is -2.39. The first-order valence-corrected chi connectivity index (χ1v) is 15.0. The molecule has 3 rings (SSSR count). The van der Waals surface area contributed by atoms with Crippen molar-refractivity contribution in [3.8, 4) is 11.3 Å². The Balaban J connectivity index is 0.00000131. The number of rotatable bonds is 9. The standard InChI is InChI=1S/C25H32FN3O6S.C3H9N/c1-15(2)22-20(12-11-18-13-19(14-21(30)31)35-25(3,4)34-18)23(16-7-9-17(26)10-8-16)28-24(27-22)29(5)36(6,32)33;1-2-3-4/h7-12,15,18-19H,13-14H2,1-6H3,(H,30,31);2-4H2,1H3/b12-11+;/t18-,19-;/m1./s1. The number of benzene rings is 1. The first-order chi connectivity index (χ1) is 18.6. The topological polar surface area (TPSA) is 145 Å². The Kier molecular flexibility index (Phi) is 11.7. The van der Waals surface area contributed by atoms with Crippen molar-refractivity contribution in [2.24, 2.45) is 5.73 Å². The first kappa shape index (κ1) is 33.3. The number of nitrogens with two attached hydrogens (primary N) is 1.